The summed E-state index contributed by atoms with van der Waals surface area (Å²) in [7, 11) is 1.97. The number of aryl methyl sites for hydroxylation is 1. The maximum absolute atomic E-state index is 13.0. The van der Waals surface area contributed by atoms with Crippen LogP contribution in [0, 0.1) is 0 Å². The number of rotatable bonds is 19. The van der Waals surface area contributed by atoms with Crippen molar-refractivity contribution in [2.24, 2.45) is 0 Å². The first-order valence-electron chi connectivity index (χ1n) is 15.7. The highest BCUT2D eigenvalue weighted by molar-refractivity contribution is 7.84. The van der Waals surface area contributed by atoms with Crippen molar-refractivity contribution in [3.8, 4) is 28.4 Å². The summed E-state index contributed by atoms with van der Waals surface area (Å²) >= 11 is 0. The summed E-state index contributed by atoms with van der Waals surface area (Å²) in [6.07, 6.45) is 10.2. The second-order valence-corrected chi connectivity index (χ2v) is 12.3. The minimum Gasteiger partial charge on any atom is -0.493 e. The number of carbonyl (C=O) groups is 1. The third-order valence-electron chi connectivity index (χ3n) is 7.39. The molecule has 4 rings (SSSR count). The lowest BCUT2D eigenvalue weighted by Gasteiger charge is -2.14. The van der Waals surface area contributed by atoms with Gasteiger partial charge in [0.25, 0.3) is 0 Å². The fourth-order valence-corrected chi connectivity index (χ4v) is 6.04. The molecule has 1 aromatic heterocycles. The standard InChI is InChI=1S/C37H44N2O6S/c1-5-7-19-44-20-21-45-34-14-11-29(12-15-34)31-23-30(37(43-4)36(24-31)42-3)10-13-33(40)22-28-8-16-35(17-9-28)46(41)26-32-25-38-27-39(32)18-6-2/h8-17,23-25,27H,5-7,18-22,26H2,1-4H3/b13-10+/t46-/m0/s1. The number of ketones is 1. The van der Waals surface area contributed by atoms with Crippen LogP contribution in [0.25, 0.3) is 17.2 Å². The van der Waals surface area contributed by atoms with Gasteiger partial charge in [0, 0.05) is 36.2 Å². The van der Waals surface area contributed by atoms with E-state index < -0.39 is 10.8 Å². The summed E-state index contributed by atoms with van der Waals surface area (Å²) in [5.41, 5.74) is 4.41. The molecule has 3 aromatic carbocycles. The van der Waals surface area contributed by atoms with Crippen LogP contribution in [0.5, 0.6) is 17.2 Å². The van der Waals surface area contributed by atoms with Gasteiger partial charge >= 0.3 is 0 Å². The van der Waals surface area contributed by atoms with Gasteiger partial charge in [-0.05, 0) is 78.1 Å². The summed E-state index contributed by atoms with van der Waals surface area (Å²) in [5.74, 6) is 2.22. The number of benzene rings is 3. The maximum atomic E-state index is 13.0. The van der Waals surface area contributed by atoms with E-state index in [1.807, 2.05) is 65.2 Å². The quantitative estimate of drug-likeness (QED) is 0.0782. The molecule has 0 unspecified atom stereocenters. The van der Waals surface area contributed by atoms with E-state index in [4.69, 9.17) is 18.9 Å². The summed E-state index contributed by atoms with van der Waals surface area (Å²) in [6, 6.07) is 19.1. The molecule has 0 amide bonds. The Morgan fingerprint density at radius 1 is 0.913 bits per heavy atom. The zero-order valence-corrected chi connectivity index (χ0v) is 28.0. The second-order valence-electron chi connectivity index (χ2n) is 10.8. The van der Waals surface area contributed by atoms with Crippen LogP contribution in [-0.4, -0.2) is 53.6 Å². The molecular weight excluding hydrogens is 600 g/mol. The molecule has 9 heteroatoms. The highest BCUT2D eigenvalue weighted by atomic mass is 32.2. The number of nitrogens with zero attached hydrogens (tertiary/aromatic N) is 2. The Kier molecular flexibility index (Phi) is 13.6. The lowest BCUT2D eigenvalue weighted by Crippen LogP contribution is -2.07. The molecule has 0 fully saturated rings. The van der Waals surface area contributed by atoms with Crippen LogP contribution in [0.4, 0.5) is 0 Å². The molecule has 0 aliphatic carbocycles. The molecule has 0 saturated heterocycles. The number of hydrogen-bond donors (Lipinski definition) is 0. The molecule has 0 bridgehead atoms. The number of ether oxygens (including phenoxy) is 4. The molecule has 8 nitrogen and oxygen atoms in total. The number of imidazole rings is 1. The van der Waals surface area contributed by atoms with Crippen molar-refractivity contribution in [2.45, 2.75) is 56.7 Å². The van der Waals surface area contributed by atoms with Gasteiger partial charge in [-0.15, -0.1) is 0 Å². The number of allylic oxidation sites excluding steroid dienone is 1. The number of carbonyl (C=O) groups excluding carboxylic acids is 1. The van der Waals surface area contributed by atoms with E-state index >= 15 is 0 Å². The number of unbranched alkanes of at least 4 members (excludes halogenated alkanes) is 1. The van der Waals surface area contributed by atoms with Crippen molar-refractivity contribution in [3.63, 3.8) is 0 Å². The van der Waals surface area contributed by atoms with Gasteiger partial charge in [0.1, 0.15) is 12.4 Å². The van der Waals surface area contributed by atoms with E-state index in [9.17, 15) is 9.00 Å². The minimum absolute atomic E-state index is 0.0658. The Balaban J connectivity index is 1.40. The fraction of sp³-hybridized carbons (Fsp3) is 0.351. The van der Waals surface area contributed by atoms with Gasteiger partial charge in [0.15, 0.2) is 17.3 Å². The predicted octanol–water partition coefficient (Wildman–Crippen LogP) is 7.31. The summed E-state index contributed by atoms with van der Waals surface area (Å²) in [4.78, 5) is 17.9. The Labute approximate surface area is 274 Å². The molecule has 1 heterocycles. The van der Waals surface area contributed by atoms with E-state index in [-0.39, 0.29) is 12.2 Å². The van der Waals surface area contributed by atoms with Crippen molar-refractivity contribution >= 4 is 22.7 Å². The van der Waals surface area contributed by atoms with Crippen LogP contribution < -0.4 is 14.2 Å². The monoisotopic (exact) mass is 644 g/mol. The average Bonchev–Trinajstić information content (AvgIpc) is 3.51. The third-order valence-corrected chi connectivity index (χ3v) is 8.75. The minimum atomic E-state index is -1.20. The van der Waals surface area contributed by atoms with Gasteiger partial charge in [-0.2, -0.15) is 0 Å². The molecule has 0 aliphatic heterocycles. The van der Waals surface area contributed by atoms with Gasteiger partial charge in [-0.25, -0.2) is 4.98 Å². The van der Waals surface area contributed by atoms with Crippen molar-refractivity contribution in [3.05, 3.63) is 96.1 Å². The van der Waals surface area contributed by atoms with Crippen LogP contribution in [0.1, 0.15) is 49.9 Å². The molecule has 0 N–H and O–H groups in total. The molecule has 46 heavy (non-hydrogen) atoms. The van der Waals surface area contributed by atoms with Crippen molar-refractivity contribution in [1.29, 1.82) is 0 Å². The number of methoxy groups -OCH3 is 2. The van der Waals surface area contributed by atoms with E-state index in [1.165, 1.54) is 0 Å². The SMILES string of the molecule is CCCCOCCOc1ccc(-c2cc(/C=C/C(=O)Cc3ccc([S@@](=O)Cc4cncn4CCC)cc3)c(OC)c(OC)c2)cc1. The molecule has 0 aliphatic rings. The number of aromatic nitrogens is 2. The predicted molar refractivity (Wildman–Crippen MR) is 183 cm³/mol. The van der Waals surface area contributed by atoms with Gasteiger partial charge in [0.2, 0.25) is 0 Å². The van der Waals surface area contributed by atoms with E-state index in [1.54, 1.807) is 38.9 Å². The van der Waals surface area contributed by atoms with Crippen molar-refractivity contribution in [1.82, 2.24) is 9.55 Å². The molecule has 0 spiro atoms. The zero-order valence-electron chi connectivity index (χ0n) is 27.2. The lowest BCUT2D eigenvalue weighted by atomic mass is 10.0. The lowest BCUT2D eigenvalue weighted by molar-refractivity contribution is -0.113. The highest BCUT2D eigenvalue weighted by Gasteiger charge is 2.14. The van der Waals surface area contributed by atoms with E-state index in [0.717, 1.165) is 71.0 Å². The Bertz CT molecular complexity index is 1600. The topological polar surface area (TPSA) is 88.9 Å². The normalized spacial score (nSPS) is 11.9. The first-order chi connectivity index (χ1) is 22.4. The Morgan fingerprint density at radius 3 is 2.39 bits per heavy atom. The van der Waals surface area contributed by atoms with Crippen LogP contribution in [0.3, 0.4) is 0 Å². The van der Waals surface area contributed by atoms with Crippen LogP contribution in [-0.2, 0) is 39.0 Å². The molecule has 244 valence electrons. The van der Waals surface area contributed by atoms with Gasteiger partial charge < -0.3 is 23.5 Å². The summed E-state index contributed by atoms with van der Waals surface area (Å²) < 4.78 is 37.7. The van der Waals surface area contributed by atoms with E-state index in [2.05, 4.69) is 18.8 Å². The summed E-state index contributed by atoms with van der Waals surface area (Å²) in [6.45, 7) is 6.90. The average molecular weight is 645 g/mol. The number of hydrogen-bond acceptors (Lipinski definition) is 7. The zero-order chi connectivity index (χ0) is 32.7. The van der Waals surface area contributed by atoms with Gasteiger partial charge in [0.05, 0.1) is 49.4 Å². The van der Waals surface area contributed by atoms with E-state index in [0.29, 0.717) is 30.5 Å². The Morgan fingerprint density at radius 2 is 1.70 bits per heavy atom. The molecule has 4 aromatic rings. The largest absolute Gasteiger partial charge is 0.493 e. The highest BCUT2D eigenvalue weighted by Crippen LogP contribution is 2.37. The first kappa shape index (κ1) is 34.7. The van der Waals surface area contributed by atoms with Crippen LogP contribution in [0.15, 0.2) is 84.2 Å². The maximum Gasteiger partial charge on any atom is 0.167 e. The fourth-order valence-electron chi connectivity index (χ4n) is 4.92. The molecule has 0 saturated carbocycles. The van der Waals surface area contributed by atoms with Gasteiger partial charge in [-0.3, -0.25) is 9.00 Å². The molecular formula is C37H44N2O6S. The third kappa shape index (κ3) is 9.89. The van der Waals surface area contributed by atoms with Crippen LogP contribution in [0.2, 0.25) is 0 Å². The summed E-state index contributed by atoms with van der Waals surface area (Å²) in [5, 5.41) is 0. The van der Waals surface area contributed by atoms with Crippen LogP contribution >= 0.6 is 0 Å². The molecule has 0 radical (unpaired) electrons. The Hall–Kier alpha value is -4.21. The van der Waals surface area contributed by atoms with Crippen molar-refractivity contribution in [2.75, 3.05) is 34.0 Å². The smallest absolute Gasteiger partial charge is 0.167 e. The second kappa shape index (κ2) is 18.1. The molecule has 1 atom stereocenters. The first-order valence-corrected chi connectivity index (χ1v) is 17.0. The van der Waals surface area contributed by atoms with Crippen molar-refractivity contribution < 1.29 is 28.0 Å². The van der Waals surface area contributed by atoms with Gasteiger partial charge in [-0.1, -0.05) is 44.5 Å².